The quantitative estimate of drug-likeness (QED) is 0.908. The number of hydrogen-bond donors (Lipinski definition) is 1. The summed E-state index contributed by atoms with van der Waals surface area (Å²) in [7, 11) is 1.76. The molecule has 5 heteroatoms. The summed E-state index contributed by atoms with van der Waals surface area (Å²) >= 11 is 0. The minimum absolute atomic E-state index is 0.0226. The fraction of sp³-hybridized carbons (Fsp3) is 0.400. The van der Waals surface area contributed by atoms with Gasteiger partial charge in [-0.05, 0) is 26.0 Å². The number of para-hydroxylation sites is 1. The van der Waals surface area contributed by atoms with Gasteiger partial charge >= 0.3 is 0 Å². The van der Waals surface area contributed by atoms with Gasteiger partial charge in [-0.15, -0.1) is 0 Å². The van der Waals surface area contributed by atoms with Crippen molar-refractivity contribution in [3.8, 4) is 5.75 Å². The van der Waals surface area contributed by atoms with Crippen LogP contribution in [0.1, 0.15) is 19.6 Å². The molecule has 0 aliphatic carbocycles. The highest BCUT2D eigenvalue weighted by Crippen LogP contribution is 2.32. The summed E-state index contributed by atoms with van der Waals surface area (Å²) in [6, 6.07) is 7.66. The van der Waals surface area contributed by atoms with E-state index in [2.05, 4.69) is 0 Å². The molecule has 0 unspecified atom stereocenters. The standard InChI is InChI=1S/C15H20N2O3/c1-10(2)17(3)14(18)9-19-15-11-6-4-5-7-12(11)20-13(15)8-16/h4-7,10H,8-9,16H2,1-3H3. The molecule has 0 atom stereocenters. The summed E-state index contributed by atoms with van der Waals surface area (Å²) < 4.78 is 11.3. The summed E-state index contributed by atoms with van der Waals surface area (Å²) in [6.45, 7) is 4.12. The van der Waals surface area contributed by atoms with Crippen LogP contribution in [0.2, 0.25) is 0 Å². The Hall–Kier alpha value is -2.01. The fourth-order valence-electron chi connectivity index (χ4n) is 1.89. The Morgan fingerprint density at radius 2 is 2.10 bits per heavy atom. The highest BCUT2D eigenvalue weighted by atomic mass is 16.5. The Bertz CT molecular complexity index is 604. The zero-order valence-corrected chi connectivity index (χ0v) is 12.1. The third-order valence-corrected chi connectivity index (χ3v) is 3.31. The molecular weight excluding hydrogens is 256 g/mol. The number of rotatable bonds is 5. The van der Waals surface area contributed by atoms with Crippen molar-refractivity contribution in [1.82, 2.24) is 4.90 Å². The molecule has 0 saturated carbocycles. The van der Waals surface area contributed by atoms with Crippen LogP contribution in [-0.2, 0) is 11.3 Å². The molecule has 1 amide bonds. The smallest absolute Gasteiger partial charge is 0.260 e. The molecule has 108 valence electrons. The van der Waals surface area contributed by atoms with Gasteiger partial charge in [-0.25, -0.2) is 0 Å². The maximum Gasteiger partial charge on any atom is 0.260 e. The maximum absolute atomic E-state index is 12.0. The molecule has 0 spiro atoms. The van der Waals surface area contributed by atoms with Crippen molar-refractivity contribution in [2.24, 2.45) is 5.73 Å². The van der Waals surface area contributed by atoms with E-state index in [0.717, 1.165) is 5.39 Å². The van der Waals surface area contributed by atoms with E-state index in [1.807, 2.05) is 38.1 Å². The lowest BCUT2D eigenvalue weighted by Crippen LogP contribution is -2.36. The number of nitrogens with zero attached hydrogens (tertiary/aromatic N) is 1. The van der Waals surface area contributed by atoms with Gasteiger partial charge in [0.2, 0.25) is 0 Å². The van der Waals surface area contributed by atoms with Crippen LogP contribution in [0.25, 0.3) is 11.0 Å². The molecule has 0 aliphatic rings. The van der Waals surface area contributed by atoms with E-state index in [9.17, 15) is 4.79 Å². The lowest BCUT2D eigenvalue weighted by Gasteiger charge is -2.21. The van der Waals surface area contributed by atoms with Crippen molar-refractivity contribution < 1.29 is 13.9 Å². The highest BCUT2D eigenvalue weighted by Gasteiger charge is 2.17. The van der Waals surface area contributed by atoms with Crippen molar-refractivity contribution in [3.63, 3.8) is 0 Å². The topological polar surface area (TPSA) is 68.7 Å². The molecule has 1 aromatic heterocycles. The van der Waals surface area contributed by atoms with E-state index in [4.69, 9.17) is 14.9 Å². The average molecular weight is 276 g/mol. The van der Waals surface area contributed by atoms with Crippen LogP contribution in [-0.4, -0.2) is 30.5 Å². The van der Waals surface area contributed by atoms with Gasteiger partial charge in [-0.2, -0.15) is 0 Å². The SMILES string of the molecule is CC(C)N(C)C(=O)COc1c(CN)oc2ccccc12. The Kier molecular flexibility index (Phi) is 4.29. The number of hydrogen-bond acceptors (Lipinski definition) is 4. The summed E-state index contributed by atoms with van der Waals surface area (Å²) in [6.07, 6.45) is 0. The number of carbonyl (C=O) groups excluding carboxylic acids is 1. The minimum Gasteiger partial charge on any atom is -0.479 e. The van der Waals surface area contributed by atoms with Crippen LogP contribution in [0.4, 0.5) is 0 Å². The van der Waals surface area contributed by atoms with Gasteiger partial charge in [0.15, 0.2) is 18.1 Å². The summed E-state index contributed by atoms with van der Waals surface area (Å²) in [5.41, 5.74) is 6.38. The molecule has 0 saturated heterocycles. The number of carbonyl (C=O) groups is 1. The van der Waals surface area contributed by atoms with Crippen molar-refractivity contribution in [2.75, 3.05) is 13.7 Å². The second-order valence-electron chi connectivity index (χ2n) is 4.94. The van der Waals surface area contributed by atoms with Crippen LogP contribution in [0.5, 0.6) is 5.75 Å². The third-order valence-electron chi connectivity index (χ3n) is 3.31. The zero-order chi connectivity index (χ0) is 14.7. The first-order valence-electron chi connectivity index (χ1n) is 6.63. The zero-order valence-electron chi connectivity index (χ0n) is 12.1. The van der Waals surface area contributed by atoms with Crippen molar-refractivity contribution in [2.45, 2.75) is 26.4 Å². The number of nitrogens with two attached hydrogens (primary N) is 1. The van der Waals surface area contributed by atoms with E-state index < -0.39 is 0 Å². The molecule has 5 nitrogen and oxygen atoms in total. The van der Waals surface area contributed by atoms with Gasteiger partial charge in [0.1, 0.15) is 5.58 Å². The molecule has 0 fully saturated rings. The highest BCUT2D eigenvalue weighted by molar-refractivity contribution is 5.86. The van der Waals surface area contributed by atoms with Crippen molar-refractivity contribution >= 4 is 16.9 Å². The first-order valence-corrected chi connectivity index (χ1v) is 6.63. The molecule has 2 N–H and O–H groups in total. The normalized spacial score (nSPS) is 11.1. The largest absolute Gasteiger partial charge is 0.479 e. The van der Waals surface area contributed by atoms with E-state index in [1.165, 1.54) is 0 Å². The number of fused-ring (bicyclic) bond motifs is 1. The molecule has 0 aliphatic heterocycles. The maximum atomic E-state index is 12.0. The first kappa shape index (κ1) is 14.4. The van der Waals surface area contributed by atoms with Crippen LogP contribution in [0.15, 0.2) is 28.7 Å². The van der Waals surface area contributed by atoms with Crippen LogP contribution in [0.3, 0.4) is 0 Å². The molecule has 20 heavy (non-hydrogen) atoms. The molecule has 1 heterocycles. The Balaban J connectivity index is 2.19. The van der Waals surface area contributed by atoms with Crippen LogP contribution >= 0.6 is 0 Å². The fourth-order valence-corrected chi connectivity index (χ4v) is 1.89. The second-order valence-corrected chi connectivity index (χ2v) is 4.94. The van der Waals surface area contributed by atoms with Gasteiger partial charge in [0.25, 0.3) is 5.91 Å². The van der Waals surface area contributed by atoms with Gasteiger partial charge < -0.3 is 19.8 Å². The van der Waals surface area contributed by atoms with E-state index in [-0.39, 0.29) is 25.1 Å². The average Bonchev–Trinajstić information content (AvgIpc) is 2.81. The van der Waals surface area contributed by atoms with E-state index >= 15 is 0 Å². The molecular formula is C15H20N2O3. The van der Waals surface area contributed by atoms with Gasteiger partial charge in [0.05, 0.1) is 11.9 Å². The molecule has 2 aromatic rings. The number of ether oxygens (including phenoxy) is 1. The van der Waals surface area contributed by atoms with E-state index in [0.29, 0.717) is 17.1 Å². The Morgan fingerprint density at radius 3 is 2.75 bits per heavy atom. The second kappa shape index (κ2) is 5.96. The summed E-state index contributed by atoms with van der Waals surface area (Å²) in [5, 5.41) is 0.841. The lowest BCUT2D eigenvalue weighted by molar-refractivity contribution is -0.133. The van der Waals surface area contributed by atoms with Gasteiger partial charge in [-0.3, -0.25) is 4.79 Å². The predicted octanol–water partition coefficient (Wildman–Crippen LogP) is 2.14. The number of amides is 1. The molecule has 0 bridgehead atoms. The molecule has 0 radical (unpaired) electrons. The molecule has 1 aromatic carbocycles. The number of furan rings is 1. The molecule has 2 rings (SSSR count). The van der Waals surface area contributed by atoms with Crippen LogP contribution in [0, 0.1) is 0 Å². The third kappa shape index (κ3) is 2.77. The Labute approximate surface area is 118 Å². The van der Waals surface area contributed by atoms with Crippen molar-refractivity contribution in [1.29, 1.82) is 0 Å². The Morgan fingerprint density at radius 1 is 1.40 bits per heavy atom. The summed E-state index contributed by atoms with van der Waals surface area (Å²) in [4.78, 5) is 13.6. The monoisotopic (exact) mass is 276 g/mol. The first-order chi connectivity index (χ1) is 9.54. The minimum atomic E-state index is -0.0757. The number of benzene rings is 1. The van der Waals surface area contributed by atoms with E-state index in [1.54, 1.807) is 11.9 Å². The number of likely N-dealkylation sites (N-methyl/N-ethyl adjacent to an activating group) is 1. The van der Waals surface area contributed by atoms with Crippen LogP contribution < -0.4 is 10.5 Å². The summed E-state index contributed by atoms with van der Waals surface area (Å²) in [5.74, 6) is 1.05. The van der Waals surface area contributed by atoms with Gasteiger partial charge in [-0.1, -0.05) is 12.1 Å². The predicted molar refractivity (Wildman–Crippen MR) is 77.5 cm³/mol. The van der Waals surface area contributed by atoms with Crippen molar-refractivity contribution in [3.05, 3.63) is 30.0 Å². The lowest BCUT2D eigenvalue weighted by atomic mass is 10.2. The van der Waals surface area contributed by atoms with Gasteiger partial charge in [0, 0.05) is 13.1 Å².